The van der Waals surface area contributed by atoms with Gasteiger partial charge in [0.15, 0.2) is 0 Å². The molecule has 0 aliphatic carbocycles. The van der Waals surface area contributed by atoms with Crippen molar-refractivity contribution in [2.75, 3.05) is 13.2 Å². The predicted octanol–water partition coefficient (Wildman–Crippen LogP) is 2.34. The first kappa shape index (κ1) is 9.96. The van der Waals surface area contributed by atoms with Crippen LogP contribution in [-0.4, -0.2) is 29.3 Å². The highest BCUT2D eigenvalue weighted by molar-refractivity contribution is 5.86. The van der Waals surface area contributed by atoms with E-state index in [9.17, 15) is 4.79 Å². The van der Waals surface area contributed by atoms with Crippen LogP contribution < -0.4 is 4.74 Å². The first-order valence-corrected chi connectivity index (χ1v) is 5.39. The van der Waals surface area contributed by atoms with Crippen LogP contribution in [0.4, 0.5) is 4.79 Å². The van der Waals surface area contributed by atoms with E-state index in [4.69, 9.17) is 9.84 Å². The third-order valence-corrected chi connectivity index (χ3v) is 2.96. The maximum atomic E-state index is 10.9. The minimum absolute atomic E-state index is 0.391. The molecule has 17 heavy (non-hydrogen) atoms. The molecule has 0 saturated carbocycles. The Balaban J connectivity index is 2.03. The Labute approximate surface area is 98.4 Å². The van der Waals surface area contributed by atoms with Gasteiger partial charge in [-0.25, -0.2) is 4.79 Å². The van der Waals surface area contributed by atoms with Crippen LogP contribution in [0.2, 0.25) is 0 Å². The molecule has 1 aromatic rings. The van der Waals surface area contributed by atoms with Crippen molar-refractivity contribution in [2.45, 2.75) is 0 Å². The SMILES string of the molecule is O=C(O)N1C=C2COc3ccccc3C2=CC1. The van der Waals surface area contributed by atoms with E-state index < -0.39 is 6.09 Å². The standard InChI is InChI=1S/C13H11NO3/c15-13(16)14-6-5-10-9(7-14)8-17-12-4-2-1-3-11(10)12/h1-5,7H,6,8H2,(H,15,16). The fourth-order valence-electron chi connectivity index (χ4n) is 2.13. The third-order valence-electron chi connectivity index (χ3n) is 2.96. The van der Waals surface area contributed by atoms with Crippen LogP contribution >= 0.6 is 0 Å². The average molecular weight is 229 g/mol. The van der Waals surface area contributed by atoms with Crippen molar-refractivity contribution < 1.29 is 14.6 Å². The molecule has 1 amide bonds. The summed E-state index contributed by atoms with van der Waals surface area (Å²) in [6, 6.07) is 7.80. The topological polar surface area (TPSA) is 49.8 Å². The highest BCUT2D eigenvalue weighted by Gasteiger charge is 2.24. The molecule has 2 heterocycles. The maximum Gasteiger partial charge on any atom is 0.411 e. The Morgan fingerprint density at radius 1 is 1.35 bits per heavy atom. The van der Waals surface area contributed by atoms with Crippen LogP contribution in [-0.2, 0) is 0 Å². The Morgan fingerprint density at radius 2 is 2.18 bits per heavy atom. The van der Waals surface area contributed by atoms with Gasteiger partial charge in [-0.3, -0.25) is 4.90 Å². The van der Waals surface area contributed by atoms with E-state index in [0.29, 0.717) is 13.2 Å². The van der Waals surface area contributed by atoms with Crippen molar-refractivity contribution in [3.8, 4) is 5.75 Å². The molecule has 0 atom stereocenters. The molecular weight excluding hydrogens is 218 g/mol. The van der Waals surface area contributed by atoms with Gasteiger partial charge >= 0.3 is 6.09 Å². The predicted molar refractivity (Wildman–Crippen MR) is 62.7 cm³/mol. The summed E-state index contributed by atoms with van der Waals surface area (Å²) in [6.07, 6.45) is 2.64. The van der Waals surface area contributed by atoms with Crippen LogP contribution in [0.1, 0.15) is 5.56 Å². The number of ether oxygens (including phenoxy) is 1. The van der Waals surface area contributed by atoms with E-state index in [2.05, 4.69) is 0 Å². The molecule has 0 fully saturated rings. The number of hydrogen-bond acceptors (Lipinski definition) is 2. The average Bonchev–Trinajstić information content (AvgIpc) is 2.38. The second kappa shape index (κ2) is 3.66. The molecule has 86 valence electrons. The summed E-state index contributed by atoms with van der Waals surface area (Å²) in [7, 11) is 0. The first-order valence-electron chi connectivity index (χ1n) is 5.39. The fraction of sp³-hybridized carbons (Fsp3) is 0.154. The van der Waals surface area contributed by atoms with Crippen molar-refractivity contribution >= 4 is 11.7 Å². The van der Waals surface area contributed by atoms with Crippen molar-refractivity contribution in [3.63, 3.8) is 0 Å². The number of benzene rings is 1. The molecule has 2 aliphatic heterocycles. The van der Waals surface area contributed by atoms with E-state index in [1.807, 2.05) is 30.3 Å². The number of fused-ring (bicyclic) bond motifs is 3. The number of nitrogens with zero attached hydrogens (tertiary/aromatic N) is 1. The van der Waals surface area contributed by atoms with Gasteiger partial charge in [0.1, 0.15) is 12.4 Å². The second-order valence-electron chi connectivity index (χ2n) is 3.99. The normalized spacial score (nSPS) is 17.3. The molecule has 1 aromatic carbocycles. The molecule has 0 bridgehead atoms. The summed E-state index contributed by atoms with van der Waals surface area (Å²) in [5, 5.41) is 8.94. The van der Waals surface area contributed by atoms with E-state index in [0.717, 1.165) is 22.5 Å². The molecule has 1 N–H and O–H groups in total. The lowest BCUT2D eigenvalue weighted by Gasteiger charge is -2.28. The molecular formula is C13H11NO3. The number of rotatable bonds is 0. The summed E-state index contributed by atoms with van der Waals surface area (Å²) in [5.41, 5.74) is 3.04. The molecule has 4 nitrogen and oxygen atoms in total. The number of para-hydroxylation sites is 1. The summed E-state index contributed by atoms with van der Waals surface area (Å²) >= 11 is 0. The van der Waals surface area contributed by atoms with E-state index in [-0.39, 0.29) is 0 Å². The van der Waals surface area contributed by atoms with Crippen LogP contribution in [0.25, 0.3) is 5.57 Å². The van der Waals surface area contributed by atoms with Crippen molar-refractivity contribution in [3.05, 3.63) is 47.7 Å². The smallest absolute Gasteiger partial charge is 0.411 e. The zero-order valence-electron chi connectivity index (χ0n) is 9.09. The lowest BCUT2D eigenvalue weighted by Crippen LogP contribution is -2.29. The molecule has 0 radical (unpaired) electrons. The van der Waals surface area contributed by atoms with Crippen LogP contribution in [0.5, 0.6) is 5.75 Å². The Hall–Kier alpha value is -2.23. The number of hydrogen-bond donors (Lipinski definition) is 1. The van der Waals surface area contributed by atoms with Gasteiger partial charge in [-0.15, -0.1) is 0 Å². The van der Waals surface area contributed by atoms with Gasteiger partial charge < -0.3 is 9.84 Å². The Bertz CT molecular complexity index is 545. The number of amides is 1. The van der Waals surface area contributed by atoms with E-state index in [1.54, 1.807) is 6.20 Å². The molecule has 4 heteroatoms. The summed E-state index contributed by atoms with van der Waals surface area (Å²) in [4.78, 5) is 12.1. The lowest BCUT2D eigenvalue weighted by atomic mass is 9.94. The van der Waals surface area contributed by atoms with E-state index >= 15 is 0 Å². The van der Waals surface area contributed by atoms with E-state index in [1.165, 1.54) is 4.90 Å². The van der Waals surface area contributed by atoms with Gasteiger partial charge in [0.05, 0.1) is 0 Å². The van der Waals surface area contributed by atoms with Crippen molar-refractivity contribution in [1.29, 1.82) is 0 Å². The fourth-order valence-corrected chi connectivity index (χ4v) is 2.13. The lowest BCUT2D eigenvalue weighted by molar-refractivity contribution is 0.165. The molecule has 0 spiro atoms. The van der Waals surface area contributed by atoms with Crippen LogP contribution in [0.15, 0.2) is 42.1 Å². The maximum absolute atomic E-state index is 10.9. The van der Waals surface area contributed by atoms with Crippen LogP contribution in [0.3, 0.4) is 0 Å². The van der Waals surface area contributed by atoms with Gasteiger partial charge in [0, 0.05) is 23.9 Å². The largest absolute Gasteiger partial charge is 0.488 e. The quantitative estimate of drug-likeness (QED) is 0.742. The van der Waals surface area contributed by atoms with Crippen molar-refractivity contribution in [1.82, 2.24) is 4.90 Å². The zero-order chi connectivity index (χ0) is 11.8. The Kier molecular flexibility index (Phi) is 2.14. The summed E-state index contributed by atoms with van der Waals surface area (Å²) < 4.78 is 5.59. The monoisotopic (exact) mass is 229 g/mol. The molecule has 3 rings (SSSR count). The number of carbonyl (C=O) groups is 1. The zero-order valence-corrected chi connectivity index (χ0v) is 9.09. The summed E-state index contributed by atoms with van der Waals surface area (Å²) in [6.45, 7) is 0.815. The van der Waals surface area contributed by atoms with Gasteiger partial charge in [0.25, 0.3) is 0 Å². The van der Waals surface area contributed by atoms with Crippen molar-refractivity contribution in [2.24, 2.45) is 0 Å². The highest BCUT2D eigenvalue weighted by atomic mass is 16.5. The van der Waals surface area contributed by atoms with Gasteiger partial charge in [0.2, 0.25) is 0 Å². The van der Waals surface area contributed by atoms with Gasteiger partial charge in [-0.05, 0) is 11.6 Å². The minimum Gasteiger partial charge on any atom is -0.488 e. The summed E-state index contributed by atoms with van der Waals surface area (Å²) in [5.74, 6) is 0.861. The highest BCUT2D eigenvalue weighted by Crippen LogP contribution is 2.37. The molecule has 0 saturated heterocycles. The Morgan fingerprint density at radius 3 is 3.00 bits per heavy atom. The van der Waals surface area contributed by atoms with Gasteiger partial charge in [-0.1, -0.05) is 24.3 Å². The third kappa shape index (κ3) is 1.58. The van der Waals surface area contributed by atoms with Gasteiger partial charge in [-0.2, -0.15) is 0 Å². The molecule has 2 aliphatic rings. The number of carboxylic acid groups (broad SMARTS) is 1. The van der Waals surface area contributed by atoms with Crippen LogP contribution in [0, 0.1) is 0 Å². The molecule has 0 unspecified atom stereocenters. The second-order valence-corrected chi connectivity index (χ2v) is 3.99. The first-order chi connectivity index (χ1) is 8.25. The molecule has 0 aromatic heterocycles. The minimum atomic E-state index is -0.938.